The third-order valence-corrected chi connectivity index (χ3v) is 3.69. The van der Waals surface area contributed by atoms with E-state index in [9.17, 15) is 19.5 Å². The normalized spacial score (nSPS) is 11.2. The number of carboxylic acid groups (broad SMARTS) is 1. The van der Waals surface area contributed by atoms with E-state index in [-0.39, 0.29) is 12.8 Å². The van der Waals surface area contributed by atoms with Crippen LogP contribution in [0.4, 0.5) is 4.79 Å². The molecule has 0 aliphatic carbocycles. The number of benzene rings is 2. The van der Waals surface area contributed by atoms with Crippen LogP contribution in [-0.4, -0.2) is 34.1 Å². The van der Waals surface area contributed by atoms with Crippen LogP contribution < -0.4 is 0 Å². The minimum atomic E-state index is -1.23. The van der Waals surface area contributed by atoms with Crippen molar-refractivity contribution in [3.05, 3.63) is 84.6 Å². The number of rotatable bonds is 7. The fourth-order valence-electron chi connectivity index (χ4n) is 2.42. The predicted octanol–water partition coefficient (Wildman–Crippen LogP) is 3.03. The summed E-state index contributed by atoms with van der Waals surface area (Å²) in [5, 5.41) is 9.47. The zero-order valence-electron chi connectivity index (χ0n) is 14.1. The van der Waals surface area contributed by atoms with E-state index >= 15 is 0 Å². The number of carboxylic acids is 1. The number of carbonyl (C=O) groups is 3. The Kier molecular flexibility index (Phi) is 6.68. The number of hydrogen-bond acceptors (Lipinski definition) is 4. The smallest absolute Gasteiger partial charge is 0.422 e. The third-order valence-electron chi connectivity index (χ3n) is 3.69. The van der Waals surface area contributed by atoms with Crippen LogP contribution in [0.15, 0.2) is 73.4 Å². The molecule has 6 nitrogen and oxygen atoms in total. The van der Waals surface area contributed by atoms with Gasteiger partial charge in [0, 0.05) is 12.6 Å². The van der Waals surface area contributed by atoms with E-state index in [1.807, 2.05) is 0 Å². The van der Waals surface area contributed by atoms with Gasteiger partial charge >= 0.3 is 18.0 Å². The number of amides is 1. The molecule has 2 aromatic carbocycles. The summed E-state index contributed by atoms with van der Waals surface area (Å²) in [7, 11) is 0. The number of esters is 1. The monoisotopic (exact) mass is 353 g/mol. The van der Waals surface area contributed by atoms with E-state index in [0.29, 0.717) is 5.56 Å². The Bertz CT molecular complexity index is 773. The number of ether oxygens (including phenoxy) is 1. The highest BCUT2D eigenvalue weighted by Gasteiger charge is 2.30. The molecule has 0 aliphatic heterocycles. The lowest BCUT2D eigenvalue weighted by Gasteiger charge is -2.24. The lowest BCUT2D eigenvalue weighted by atomic mass is 10.1. The van der Waals surface area contributed by atoms with Crippen LogP contribution in [0.2, 0.25) is 0 Å². The van der Waals surface area contributed by atoms with E-state index < -0.39 is 24.1 Å². The Hall–Kier alpha value is -3.41. The standard InChI is InChI=1S/C20H19NO5/c1-2-21(17(19(23)24)13-15-9-5-3-6-10-15)20(25)26-18(22)14-16-11-7-4-8-12-16/h2-12,17H,1,13-14H2,(H,23,24)/t17-/m0/s1. The molecule has 0 aromatic heterocycles. The summed E-state index contributed by atoms with van der Waals surface area (Å²) >= 11 is 0. The maximum absolute atomic E-state index is 12.3. The summed E-state index contributed by atoms with van der Waals surface area (Å²) < 4.78 is 4.79. The Morgan fingerprint density at radius 1 is 1.00 bits per heavy atom. The molecule has 0 saturated heterocycles. The summed E-state index contributed by atoms with van der Waals surface area (Å²) in [5.41, 5.74) is 1.42. The van der Waals surface area contributed by atoms with Crippen molar-refractivity contribution in [2.75, 3.05) is 0 Å². The van der Waals surface area contributed by atoms with Crippen LogP contribution in [0.25, 0.3) is 0 Å². The lowest BCUT2D eigenvalue weighted by molar-refractivity contribution is -0.144. The van der Waals surface area contributed by atoms with Crippen LogP contribution in [0.1, 0.15) is 11.1 Å². The molecule has 0 fully saturated rings. The van der Waals surface area contributed by atoms with Crippen LogP contribution in [0.5, 0.6) is 0 Å². The quantitative estimate of drug-likeness (QED) is 0.611. The average molecular weight is 353 g/mol. The second-order valence-electron chi connectivity index (χ2n) is 5.54. The van der Waals surface area contributed by atoms with E-state index in [0.717, 1.165) is 16.7 Å². The first-order chi connectivity index (χ1) is 12.5. The zero-order valence-corrected chi connectivity index (χ0v) is 14.1. The Balaban J connectivity index is 2.06. The highest BCUT2D eigenvalue weighted by Crippen LogP contribution is 2.12. The molecule has 134 valence electrons. The molecule has 2 rings (SSSR count). The highest BCUT2D eigenvalue weighted by molar-refractivity contribution is 5.89. The second kappa shape index (κ2) is 9.17. The van der Waals surface area contributed by atoms with Gasteiger partial charge in [-0.1, -0.05) is 67.2 Å². The van der Waals surface area contributed by atoms with Crippen LogP contribution >= 0.6 is 0 Å². The van der Waals surface area contributed by atoms with Gasteiger partial charge in [-0.05, 0) is 11.1 Å². The largest absolute Gasteiger partial charge is 0.480 e. The molecular formula is C20H19NO5. The molecule has 1 amide bonds. The second-order valence-corrected chi connectivity index (χ2v) is 5.54. The topological polar surface area (TPSA) is 83.9 Å². The Morgan fingerprint density at radius 2 is 1.54 bits per heavy atom. The first-order valence-electron chi connectivity index (χ1n) is 7.97. The van der Waals surface area contributed by atoms with Crippen molar-refractivity contribution in [3.8, 4) is 0 Å². The van der Waals surface area contributed by atoms with Gasteiger partial charge in [0.2, 0.25) is 0 Å². The van der Waals surface area contributed by atoms with Gasteiger partial charge in [0.05, 0.1) is 6.42 Å². The molecule has 0 bridgehead atoms. The highest BCUT2D eigenvalue weighted by atomic mass is 16.6. The first kappa shape index (κ1) is 18.9. The van der Waals surface area contributed by atoms with Gasteiger partial charge in [0.15, 0.2) is 0 Å². The van der Waals surface area contributed by atoms with E-state index in [1.165, 1.54) is 0 Å². The minimum absolute atomic E-state index is 0.0597. The van der Waals surface area contributed by atoms with Gasteiger partial charge in [-0.15, -0.1) is 0 Å². The average Bonchev–Trinajstić information content (AvgIpc) is 2.63. The summed E-state index contributed by atoms with van der Waals surface area (Å²) in [4.78, 5) is 36.6. The minimum Gasteiger partial charge on any atom is -0.480 e. The summed E-state index contributed by atoms with van der Waals surface area (Å²) in [5.74, 6) is -1.99. The molecule has 0 unspecified atom stereocenters. The summed E-state index contributed by atoms with van der Waals surface area (Å²) in [6, 6.07) is 16.4. The fraction of sp³-hybridized carbons (Fsp3) is 0.150. The molecule has 1 atom stereocenters. The van der Waals surface area contributed by atoms with Crippen molar-refractivity contribution in [2.24, 2.45) is 0 Å². The van der Waals surface area contributed by atoms with Crippen molar-refractivity contribution in [1.29, 1.82) is 0 Å². The number of aliphatic carboxylic acids is 1. The lowest BCUT2D eigenvalue weighted by Crippen LogP contribution is -2.44. The number of carbonyl (C=O) groups excluding carboxylic acids is 2. The van der Waals surface area contributed by atoms with E-state index in [1.54, 1.807) is 60.7 Å². The Labute approximate surface area is 151 Å². The van der Waals surface area contributed by atoms with Crippen molar-refractivity contribution in [1.82, 2.24) is 4.90 Å². The predicted molar refractivity (Wildman–Crippen MR) is 95.2 cm³/mol. The first-order valence-corrected chi connectivity index (χ1v) is 7.97. The van der Waals surface area contributed by atoms with Gasteiger partial charge < -0.3 is 9.84 Å². The third kappa shape index (κ3) is 5.31. The van der Waals surface area contributed by atoms with Crippen LogP contribution in [0.3, 0.4) is 0 Å². The van der Waals surface area contributed by atoms with Gasteiger partial charge in [0.1, 0.15) is 6.04 Å². The molecule has 6 heteroatoms. The van der Waals surface area contributed by atoms with E-state index in [2.05, 4.69) is 6.58 Å². The molecule has 0 radical (unpaired) electrons. The molecule has 2 aromatic rings. The summed E-state index contributed by atoms with van der Waals surface area (Å²) in [6.45, 7) is 3.47. The van der Waals surface area contributed by atoms with Gasteiger partial charge in [-0.2, -0.15) is 0 Å². The molecule has 0 aliphatic rings. The van der Waals surface area contributed by atoms with Crippen LogP contribution in [-0.2, 0) is 27.2 Å². The van der Waals surface area contributed by atoms with E-state index in [4.69, 9.17) is 4.74 Å². The molecule has 0 spiro atoms. The van der Waals surface area contributed by atoms with Gasteiger partial charge in [-0.25, -0.2) is 9.59 Å². The maximum Gasteiger partial charge on any atom is 0.422 e. The molecule has 0 heterocycles. The number of hydrogen-bond donors (Lipinski definition) is 1. The van der Waals surface area contributed by atoms with Crippen molar-refractivity contribution in [3.63, 3.8) is 0 Å². The summed E-state index contributed by atoms with van der Waals surface area (Å²) in [6.07, 6.45) is -0.0397. The fourth-order valence-corrected chi connectivity index (χ4v) is 2.42. The van der Waals surface area contributed by atoms with Gasteiger partial charge in [0.25, 0.3) is 0 Å². The Morgan fingerprint density at radius 3 is 2.04 bits per heavy atom. The SMILES string of the molecule is C=CN(C(=O)OC(=O)Cc1ccccc1)[C@@H](Cc1ccccc1)C(=O)O. The zero-order chi connectivity index (χ0) is 18.9. The maximum atomic E-state index is 12.3. The van der Waals surface area contributed by atoms with Crippen molar-refractivity contribution >= 4 is 18.0 Å². The number of nitrogens with zero attached hydrogens (tertiary/aromatic N) is 1. The van der Waals surface area contributed by atoms with Crippen LogP contribution in [0, 0.1) is 0 Å². The van der Waals surface area contributed by atoms with Crippen molar-refractivity contribution < 1.29 is 24.2 Å². The molecule has 26 heavy (non-hydrogen) atoms. The van der Waals surface area contributed by atoms with Gasteiger partial charge in [-0.3, -0.25) is 9.69 Å². The molecular weight excluding hydrogens is 334 g/mol. The van der Waals surface area contributed by atoms with Crippen molar-refractivity contribution in [2.45, 2.75) is 18.9 Å². The molecule has 1 N–H and O–H groups in total. The molecule has 0 saturated carbocycles.